The van der Waals surface area contributed by atoms with Gasteiger partial charge in [0, 0.05) is 24.1 Å². The third-order valence-corrected chi connectivity index (χ3v) is 3.98. The van der Waals surface area contributed by atoms with Gasteiger partial charge in [-0.3, -0.25) is 0 Å². The van der Waals surface area contributed by atoms with Crippen LogP contribution in [-0.2, 0) is 13.1 Å². The fourth-order valence-corrected chi connectivity index (χ4v) is 2.56. The van der Waals surface area contributed by atoms with Gasteiger partial charge in [0.05, 0.1) is 6.54 Å². The highest BCUT2D eigenvalue weighted by molar-refractivity contribution is 5.89. The monoisotopic (exact) mass is 337 g/mol. The maximum absolute atomic E-state index is 13.5. The maximum atomic E-state index is 13.5. The number of carbonyl (C=O) groups is 1. The second-order valence-corrected chi connectivity index (χ2v) is 5.88. The molecule has 128 valence electrons. The molecule has 1 aromatic heterocycles. The van der Waals surface area contributed by atoms with Gasteiger partial charge in [0.15, 0.2) is 0 Å². The van der Waals surface area contributed by atoms with Crippen LogP contribution < -0.4 is 10.6 Å². The Labute approximate surface area is 146 Å². The number of benzene rings is 2. The minimum absolute atomic E-state index is 0.338. The van der Waals surface area contributed by atoms with Crippen molar-refractivity contribution >= 4 is 11.7 Å². The number of halogens is 1. The zero-order chi connectivity index (χ0) is 17.6. The predicted octanol–water partition coefficient (Wildman–Crippen LogP) is 4.31. The van der Waals surface area contributed by atoms with Crippen LogP contribution in [0.1, 0.15) is 16.8 Å². The van der Waals surface area contributed by atoms with Crippen molar-refractivity contribution in [2.24, 2.45) is 0 Å². The smallest absolute Gasteiger partial charge is 0.319 e. The van der Waals surface area contributed by atoms with Crippen molar-refractivity contribution in [3.05, 3.63) is 89.5 Å². The molecule has 3 aromatic rings. The number of hydrogen-bond donors (Lipinski definition) is 2. The number of urea groups is 1. The van der Waals surface area contributed by atoms with Gasteiger partial charge in [-0.25, -0.2) is 9.18 Å². The van der Waals surface area contributed by atoms with E-state index in [9.17, 15) is 9.18 Å². The van der Waals surface area contributed by atoms with E-state index in [2.05, 4.69) is 27.3 Å². The summed E-state index contributed by atoms with van der Waals surface area (Å²) in [5.41, 5.74) is 3.17. The first kappa shape index (κ1) is 16.8. The van der Waals surface area contributed by atoms with Crippen LogP contribution in [0.15, 0.2) is 66.9 Å². The number of nitrogens with zero attached hydrogens (tertiary/aromatic N) is 1. The Bertz CT molecular complexity index is 858. The first-order valence-electron chi connectivity index (χ1n) is 8.11. The Morgan fingerprint density at radius 3 is 2.64 bits per heavy atom. The molecule has 2 aromatic carbocycles. The van der Waals surface area contributed by atoms with Gasteiger partial charge in [0.1, 0.15) is 5.82 Å². The van der Waals surface area contributed by atoms with E-state index in [-0.39, 0.29) is 11.8 Å². The zero-order valence-electron chi connectivity index (χ0n) is 14.0. The molecule has 0 bridgehead atoms. The molecule has 0 aliphatic heterocycles. The second kappa shape index (κ2) is 7.66. The minimum Gasteiger partial charge on any atom is -0.345 e. The maximum Gasteiger partial charge on any atom is 0.319 e. The normalized spacial score (nSPS) is 10.5. The van der Waals surface area contributed by atoms with Crippen molar-refractivity contribution in [3.63, 3.8) is 0 Å². The van der Waals surface area contributed by atoms with E-state index in [0.29, 0.717) is 17.8 Å². The number of anilines is 1. The number of carbonyl (C=O) groups excluding carboxylic acids is 1. The Hall–Kier alpha value is -3.08. The number of nitrogens with one attached hydrogen (secondary N) is 2. The van der Waals surface area contributed by atoms with Gasteiger partial charge >= 0.3 is 6.03 Å². The third-order valence-electron chi connectivity index (χ3n) is 3.98. The second-order valence-electron chi connectivity index (χ2n) is 5.88. The fraction of sp³-hybridized carbons (Fsp3) is 0.150. The molecule has 0 atom stereocenters. The van der Waals surface area contributed by atoms with Gasteiger partial charge in [-0.1, -0.05) is 36.4 Å². The standard InChI is InChI=1S/C20H20FN3O/c1-15-9-10-17(12-19(15)21)23-20(25)22-13-18-8-5-11-24(18)14-16-6-3-2-4-7-16/h2-12H,13-14H2,1H3,(H2,22,23,25). The summed E-state index contributed by atoms with van der Waals surface area (Å²) in [5, 5.41) is 5.44. The largest absolute Gasteiger partial charge is 0.345 e. The number of aryl methyl sites for hydroxylation is 1. The van der Waals surface area contributed by atoms with E-state index < -0.39 is 0 Å². The summed E-state index contributed by atoms with van der Waals surface area (Å²) in [6, 6.07) is 18.3. The molecule has 0 spiro atoms. The van der Waals surface area contributed by atoms with Gasteiger partial charge in [-0.2, -0.15) is 0 Å². The molecular formula is C20H20FN3O. The van der Waals surface area contributed by atoms with Crippen molar-refractivity contribution < 1.29 is 9.18 Å². The zero-order valence-corrected chi connectivity index (χ0v) is 14.0. The van der Waals surface area contributed by atoms with Crippen molar-refractivity contribution in [2.75, 3.05) is 5.32 Å². The average molecular weight is 337 g/mol. The Morgan fingerprint density at radius 1 is 1.08 bits per heavy atom. The predicted molar refractivity (Wildman–Crippen MR) is 97.0 cm³/mol. The lowest BCUT2D eigenvalue weighted by molar-refractivity contribution is 0.251. The van der Waals surface area contributed by atoms with Crippen LogP contribution in [0, 0.1) is 12.7 Å². The molecule has 0 saturated heterocycles. The first-order chi connectivity index (χ1) is 12.1. The van der Waals surface area contributed by atoms with E-state index >= 15 is 0 Å². The van der Waals surface area contributed by atoms with E-state index in [0.717, 1.165) is 12.2 Å². The highest BCUT2D eigenvalue weighted by atomic mass is 19.1. The third kappa shape index (κ3) is 4.47. The Morgan fingerprint density at radius 2 is 1.88 bits per heavy atom. The summed E-state index contributed by atoms with van der Waals surface area (Å²) in [4.78, 5) is 12.0. The van der Waals surface area contributed by atoms with E-state index in [4.69, 9.17) is 0 Å². The molecule has 0 fully saturated rings. The van der Waals surface area contributed by atoms with Crippen molar-refractivity contribution in [1.82, 2.24) is 9.88 Å². The number of amides is 2. The highest BCUT2D eigenvalue weighted by Gasteiger charge is 2.06. The summed E-state index contributed by atoms with van der Waals surface area (Å²) >= 11 is 0. The summed E-state index contributed by atoms with van der Waals surface area (Å²) in [5.74, 6) is -0.338. The van der Waals surface area contributed by atoms with Crippen molar-refractivity contribution in [1.29, 1.82) is 0 Å². The molecule has 2 N–H and O–H groups in total. The topological polar surface area (TPSA) is 46.1 Å². The van der Waals surface area contributed by atoms with Crippen LogP contribution in [0.5, 0.6) is 0 Å². The minimum atomic E-state index is -0.365. The lowest BCUT2D eigenvalue weighted by Crippen LogP contribution is -2.29. The molecule has 0 unspecified atom stereocenters. The van der Waals surface area contributed by atoms with Gasteiger partial charge in [0.2, 0.25) is 0 Å². The summed E-state index contributed by atoms with van der Waals surface area (Å²) in [6.07, 6.45) is 1.98. The first-order valence-corrected chi connectivity index (χ1v) is 8.11. The Kier molecular flexibility index (Phi) is 5.14. The van der Waals surface area contributed by atoms with Crippen LogP contribution in [0.25, 0.3) is 0 Å². The number of hydrogen-bond acceptors (Lipinski definition) is 1. The number of aromatic nitrogens is 1. The van der Waals surface area contributed by atoms with Crippen molar-refractivity contribution in [2.45, 2.75) is 20.0 Å². The van der Waals surface area contributed by atoms with Gasteiger partial charge in [0.25, 0.3) is 0 Å². The van der Waals surface area contributed by atoms with Gasteiger partial charge in [-0.05, 0) is 42.3 Å². The molecule has 25 heavy (non-hydrogen) atoms. The van der Waals surface area contributed by atoms with E-state index in [1.165, 1.54) is 11.6 Å². The molecule has 3 rings (SSSR count). The van der Waals surface area contributed by atoms with Crippen molar-refractivity contribution in [3.8, 4) is 0 Å². The van der Waals surface area contributed by atoms with Gasteiger partial charge in [-0.15, -0.1) is 0 Å². The molecule has 0 aliphatic carbocycles. The van der Waals surface area contributed by atoms with Crippen LogP contribution in [-0.4, -0.2) is 10.6 Å². The fourth-order valence-electron chi connectivity index (χ4n) is 2.56. The SMILES string of the molecule is Cc1ccc(NC(=O)NCc2cccn2Cc2ccccc2)cc1F. The average Bonchev–Trinajstić information content (AvgIpc) is 3.04. The number of rotatable bonds is 5. The van der Waals surface area contributed by atoms with Crippen LogP contribution in [0.4, 0.5) is 14.9 Å². The summed E-state index contributed by atoms with van der Waals surface area (Å²) < 4.78 is 15.6. The molecular weight excluding hydrogens is 317 g/mol. The van der Waals surface area contributed by atoms with E-state index in [1.807, 2.05) is 36.5 Å². The summed E-state index contributed by atoms with van der Waals surface area (Å²) in [7, 11) is 0. The molecule has 0 saturated carbocycles. The van der Waals surface area contributed by atoms with Crippen LogP contribution in [0.3, 0.4) is 0 Å². The molecule has 4 nitrogen and oxygen atoms in total. The quantitative estimate of drug-likeness (QED) is 0.716. The molecule has 0 aliphatic rings. The molecule has 2 amide bonds. The highest BCUT2D eigenvalue weighted by Crippen LogP contribution is 2.13. The lowest BCUT2D eigenvalue weighted by Gasteiger charge is -2.11. The molecule has 0 radical (unpaired) electrons. The molecule has 1 heterocycles. The van der Waals surface area contributed by atoms with Crippen LogP contribution in [0.2, 0.25) is 0 Å². The van der Waals surface area contributed by atoms with Crippen LogP contribution >= 0.6 is 0 Å². The Balaban J connectivity index is 1.57. The lowest BCUT2D eigenvalue weighted by atomic mass is 10.2. The molecule has 5 heteroatoms. The van der Waals surface area contributed by atoms with Gasteiger partial charge < -0.3 is 15.2 Å². The van der Waals surface area contributed by atoms with E-state index in [1.54, 1.807) is 19.1 Å². The summed E-state index contributed by atoms with van der Waals surface area (Å²) in [6.45, 7) is 2.82.